The highest BCUT2D eigenvalue weighted by Crippen LogP contribution is 2.24. The van der Waals surface area contributed by atoms with Crippen molar-refractivity contribution in [1.82, 2.24) is 0 Å². The Morgan fingerprint density at radius 2 is 1.05 bits per heavy atom. The fraction of sp³-hybridized carbons (Fsp3) is 0.0526. The van der Waals surface area contributed by atoms with E-state index in [2.05, 4.69) is 60.8 Å². The first-order chi connectivity index (χ1) is 10.2. The first-order valence-electron chi connectivity index (χ1n) is 6.90. The molecule has 2 heteroatoms. The summed E-state index contributed by atoms with van der Waals surface area (Å²) >= 11 is 5.92. The van der Waals surface area contributed by atoms with Crippen molar-refractivity contribution in [3.63, 3.8) is 0 Å². The number of halogens is 1. The SMILES string of the molecule is Cc1ccc(Nc2ccc(-c3ccc(Cl)cc3)cc2)cc1. The lowest BCUT2D eigenvalue weighted by Gasteiger charge is -2.08. The van der Waals surface area contributed by atoms with E-state index >= 15 is 0 Å². The lowest BCUT2D eigenvalue weighted by Crippen LogP contribution is -1.90. The van der Waals surface area contributed by atoms with Crippen molar-refractivity contribution in [2.24, 2.45) is 0 Å². The molecule has 0 aliphatic heterocycles. The first kappa shape index (κ1) is 13.7. The van der Waals surface area contributed by atoms with Crippen molar-refractivity contribution in [2.75, 3.05) is 5.32 Å². The molecule has 0 atom stereocenters. The van der Waals surface area contributed by atoms with Crippen LogP contribution in [-0.2, 0) is 0 Å². The molecular formula is C19H16ClN. The summed E-state index contributed by atoms with van der Waals surface area (Å²) < 4.78 is 0. The van der Waals surface area contributed by atoms with Gasteiger partial charge in [0, 0.05) is 16.4 Å². The van der Waals surface area contributed by atoms with Crippen molar-refractivity contribution in [2.45, 2.75) is 6.92 Å². The monoisotopic (exact) mass is 293 g/mol. The molecule has 21 heavy (non-hydrogen) atoms. The lowest BCUT2D eigenvalue weighted by molar-refractivity contribution is 1.45. The quantitative estimate of drug-likeness (QED) is 0.619. The third-order valence-electron chi connectivity index (χ3n) is 3.40. The van der Waals surface area contributed by atoms with E-state index in [0.29, 0.717) is 0 Å². The molecule has 0 spiro atoms. The van der Waals surface area contributed by atoms with E-state index in [1.54, 1.807) is 0 Å². The fourth-order valence-electron chi connectivity index (χ4n) is 2.19. The van der Waals surface area contributed by atoms with Crippen LogP contribution in [0.4, 0.5) is 11.4 Å². The molecule has 3 aromatic rings. The van der Waals surface area contributed by atoms with Gasteiger partial charge in [-0.1, -0.05) is 53.6 Å². The minimum Gasteiger partial charge on any atom is -0.356 e. The Kier molecular flexibility index (Phi) is 3.94. The molecule has 0 saturated carbocycles. The minimum absolute atomic E-state index is 0.761. The number of anilines is 2. The molecule has 104 valence electrons. The standard InChI is InChI=1S/C19H16ClN/c1-14-2-10-18(11-3-14)21-19-12-6-16(7-13-19)15-4-8-17(20)9-5-15/h2-13,21H,1H3. The van der Waals surface area contributed by atoms with Crippen molar-refractivity contribution in [3.05, 3.63) is 83.4 Å². The summed E-state index contributed by atoms with van der Waals surface area (Å²) in [6.07, 6.45) is 0. The maximum absolute atomic E-state index is 5.92. The summed E-state index contributed by atoms with van der Waals surface area (Å²) in [4.78, 5) is 0. The predicted octanol–water partition coefficient (Wildman–Crippen LogP) is 6.06. The van der Waals surface area contributed by atoms with Crippen LogP contribution in [0.3, 0.4) is 0 Å². The second-order valence-electron chi connectivity index (χ2n) is 5.08. The van der Waals surface area contributed by atoms with Gasteiger partial charge in [0.15, 0.2) is 0 Å². The molecule has 0 aliphatic rings. The molecule has 0 unspecified atom stereocenters. The maximum Gasteiger partial charge on any atom is 0.0406 e. The van der Waals surface area contributed by atoms with Crippen LogP contribution in [0.15, 0.2) is 72.8 Å². The van der Waals surface area contributed by atoms with Crippen LogP contribution in [0, 0.1) is 6.92 Å². The molecule has 3 aromatic carbocycles. The number of benzene rings is 3. The van der Waals surface area contributed by atoms with Crippen molar-refractivity contribution >= 4 is 23.0 Å². The van der Waals surface area contributed by atoms with Crippen LogP contribution in [0.1, 0.15) is 5.56 Å². The van der Waals surface area contributed by atoms with E-state index in [4.69, 9.17) is 11.6 Å². The average molecular weight is 294 g/mol. The average Bonchev–Trinajstić information content (AvgIpc) is 2.51. The number of hydrogen-bond acceptors (Lipinski definition) is 1. The van der Waals surface area contributed by atoms with Gasteiger partial charge in [0.2, 0.25) is 0 Å². The third kappa shape index (κ3) is 3.45. The lowest BCUT2D eigenvalue weighted by atomic mass is 10.1. The van der Waals surface area contributed by atoms with Crippen LogP contribution in [0.2, 0.25) is 5.02 Å². The summed E-state index contributed by atoms with van der Waals surface area (Å²) in [5.41, 5.74) is 5.79. The molecule has 0 radical (unpaired) electrons. The van der Waals surface area contributed by atoms with E-state index in [1.807, 2.05) is 24.3 Å². The fourth-order valence-corrected chi connectivity index (χ4v) is 2.32. The molecule has 0 aromatic heterocycles. The predicted molar refractivity (Wildman–Crippen MR) is 91.3 cm³/mol. The van der Waals surface area contributed by atoms with E-state index in [9.17, 15) is 0 Å². The van der Waals surface area contributed by atoms with E-state index in [1.165, 1.54) is 16.7 Å². The van der Waals surface area contributed by atoms with Crippen LogP contribution in [0.25, 0.3) is 11.1 Å². The van der Waals surface area contributed by atoms with E-state index < -0.39 is 0 Å². The molecule has 0 heterocycles. The zero-order valence-corrected chi connectivity index (χ0v) is 12.6. The van der Waals surface area contributed by atoms with E-state index in [-0.39, 0.29) is 0 Å². The smallest absolute Gasteiger partial charge is 0.0406 e. The Bertz CT molecular complexity index is 713. The highest BCUT2D eigenvalue weighted by atomic mass is 35.5. The van der Waals surface area contributed by atoms with E-state index in [0.717, 1.165) is 16.4 Å². The van der Waals surface area contributed by atoms with Gasteiger partial charge in [-0.3, -0.25) is 0 Å². The molecule has 0 bridgehead atoms. The summed E-state index contributed by atoms with van der Waals surface area (Å²) in [6.45, 7) is 2.09. The van der Waals surface area contributed by atoms with Crippen LogP contribution < -0.4 is 5.32 Å². The first-order valence-corrected chi connectivity index (χ1v) is 7.28. The third-order valence-corrected chi connectivity index (χ3v) is 3.65. The van der Waals surface area contributed by atoms with Crippen molar-refractivity contribution in [1.29, 1.82) is 0 Å². The van der Waals surface area contributed by atoms with Gasteiger partial charge >= 0.3 is 0 Å². The molecule has 0 saturated heterocycles. The van der Waals surface area contributed by atoms with Gasteiger partial charge in [0.1, 0.15) is 0 Å². The van der Waals surface area contributed by atoms with Crippen molar-refractivity contribution < 1.29 is 0 Å². The molecule has 0 amide bonds. The van der Waals surface area contributed by atoms with Gasteiger partial charge in [-0.25, -0.2) is 0 Å². The number of hydrogen-bond donors (Lipinski definition) is 1. The zero-order chi connectivity index (χ0) is 14.7. The second-order valence-corrected chi connectivity index (χ2v) is 5.51. The van der Waals surface area contributed by atoms with Crippen LogP contribution in [-0.4, -0.2) is 0 Å². The Morgan fingerprint density at radius 1 is 0.619 bits per heavy atom. The largest absolute Gasteiger partial charge is 0.356 e. The van der Waals surface area contributed by atoms with Gasteiger partial charge in [-0.2, -0.15) is 0 Å². The van der Waals surface area contributed by atoms with Gasteiger partial charge in [-0.15, -0.1) is 0 Å². The number of aryl methyl sites for hydroxylation is 1. The summed E-state index contributed by atoms with van der Waals surface area (Å²) in [6, 6.07) is 24.7. The highest BCUT2D eigenvalue weighted by molar-refractivity contribution is 6.30. The Labute approximate surface area is 130 Å². The Morgan fingerprint density at radius 3 is 1.57 bits per heavy atom. The molecule has 1 nitrogen and oxygen atoms in total. The van der Waals surface area contributed by atoms with Gasteiger partial charge < -0.3 is 5.32 Å². The topological polar surface area (TPSA) is 12.0 Å². The molecule has 3 rings (SSSR count). The Balaban J connectivity index is 1.77. The van der Waals surface area contributed by atoms with Gasteiger partial charge in [0.05, 0.1) is 0 Å². The number of nitrogens with one attached hydrogen (secondary N) is 1. The van der Waals surface area contributed by atoms with Gasteiger partial charge in [0.25, 0.3) is 0 Å². The summed E-state index contributed by atoms with van der Waals surface area (Å²) in [5, 5.41) is 4.16. The number of rotatable bonds is 3. The highest BCUT2D eigenvalue weighted by Gasteiger charge is 1.99. The molecule has 0 fully saturated rings. The van der Waals surface area contributed by atoms with Crippen LogP contribution in [0.5, 0.6) is 0 Å². The zero-order valence-electron chi connectivity index (χ0n) is 11.8. The maximum atomic E-state index is 5.92. The van der Waals surface area contributed by atoms with Crippen molar-refractivity contribution in [3.8, 4) is 11.1 Å². The van der Waals surface area contributed by atoms with Crippen LogP contribution >= 0.6 is 11.6 Å². The second kappa shape index (κ2) is 6.02. The molecule has 1 N–H and O–H groups in total. The Hall–Kier alpha value is -2.25. The molecule has 0 aliphatic carbocycles. The molecular weight excluding hydrogens is 278 g/mol. The summed E-state index contributed by atoms with van der Waals surface area (Å²) in [7, 11) is 0. The minimum atomic E-state index is 0.761. The van der Waals surface area contributed by atoms with Gasteiger partial charge in [-0.05, 0) is 54.4 Å². The normalized spacial score (nSPS) is 10.4. The summed E-state index contributed by atoms with van der Waals surface area (Å²) in [5.74, 6) is 0.